The number of carbonyl (C=O) groups is 3. The van der Waals surface area contributed by atoms with Gasteiger partial charge in [0.2, 0.25) is 5.91 Å². The summed E-state index contributed by atoms with van der Waals surface area (Å²) in [6.45, 7) is 5.67. The molecule has 1 aromatic heterocycles. The predicted octanol–water partition coefficient (Wildman–Crippen LogP) is 3.64. The molecule has 0 aliphatic carbocycles. The van der Waals surface area contributed by atoms with Crippen molar-refractivity contribution in [2.24, 2.45) is 0 Å². The second kappa shape index (κ2) is 11.3. The molecule has 5 rings (SSSR count). The van der Waals surface area contributed by atoms with Crippen molar-refractivity contribution in [3.05, 3.63) is 52.8 Å². The molecule has 0 radical (unpaired) electrons. The summed E-state index contributed by atoms with van der Waals surface area (Å²) < 4.78 is 5.32. The van der Waals surface area contributed by atoms with E-state index in [1.807, 2.05) is 36.1 Å². The quantitative estimate of drug-likeness (QED) is 0.429. The van der Waals surface area contributed by atoms with Crippen molar-refractivity contribution in [3.63, 3.8) is 0 Å². The molecule has 39 heavy (non-hydrogen) atoms. The van der Waals surface area contributed by atoms with Crippen molar-refractivity contribution in [1.82, 2.24) is 25.1 Å². The molecule has 2 aliphatic heterocycles. The molecule has 2 aliphatic rings. The standard InChI is InChI=1S/C29H36N6O4/c1-4-5-25-31-24-16-20(14-18(2)27(24)33-25)28(37)30-17-26(36)34-11-9-21(10-12-34)35-13-8-19-15-22(39-3)6-7-23(19)32-29(35)38/h6-7,14-16,21H,4-5,8-13,17H2,1-3H3,(H,30,37)(H,31,33)(H,32,38). The van der Waals surface area contributed by atoms with Crippen LogP contribution in [0, 0.1) is 6.92 Å². The highest BCUT2D eigenvalue weighted by molar-refractivity contribution is 5.99. The van der Waals surface area contributed by atoms with E-state index in [4.69, 9.17) is 4.74 Å². The molecule has 10 heteroatoms. The summed E-state index contributed by atoms with van der Waals surface area (Å²) in [4.78, 5) is 50.3. The number of fused-ring (bicyclic) bond motifs is 2. The number of H-pyrrole nitrogens is 1. The number of hydrogen-bond acceptors (Lipinski definition) is 5. The molecule has 1 fully saturated rings. The van der Waals surface area contributed by atoms with E-state index in [-0.39, 0.29) is 30.4 Å². The van der Waals surface area contributed by atoms with Crippen LogP contribution in [-0.4, -0.2) is 76.9 Å². The zero-order valence-electron chi connectivity index (χ0n) is 22.8. The number of aromatic amines is 1. The Kier molecular flexibility index (Phi) is 7.72. The number of ether oxygens (including phenoxy) is 1. The van der Waals surface area contributed by atoms with Crippen LogP contribution in [0.4, 0.5) is 10.5 Å². The van der Waals surface area contributed by atoms with Crippen molar-refractivity contribution in [2.45, 2.75) is 52.0 Å². The largest absolute Gasteiger partial charge is 0.497 e. The number of rotatable bonds is 7. The van der Waals surface area contributed by atoms with Crippen molar-refractivity contribution in [3.8, 4) is 5.75 Å². The minimum Gasteiger partial charge on any atom is -0.497 e. The monoisotopic (exact) mass is 532 g/mol. The summed E-state index contributed by atoms with van der Waals surface area (Å²) in [7, 11) is 1.63. The van der Waals surface area contributed by atoms with Crippen LogP contribution < -0.4 is 15.4 Å². The van der Waals surface area contributed by atoms with Gasteiger partial charge in [-0.2, -0.15) is 0 Å². The number of nitrogens with one attached hydrogen (secondary N) is 3. The number of imidazole rings is 1. The van der Waals surface area contributed by atoms with Crippen molar-refractivity contribution in [1.29, 1.82) is 0 Å². The van der Waals surface area contributed by atoms with Crippen LogP contribution in [0.15, 0.2) is 30.3 Å². The highest BCUT2D eigenvalue weighted by atomic mass is 16.5. The fraction of sp³-hybridized carbons (Fsp3) is 0.448. The van der Waals surface area contributed by atoms with Crippen LogP contribution in [0.25, 0.3) is 11.0 Å². The highest BCUT2D eigenvalue weighted by Gasteiger charge is 2.31. The molecule has 1 saturated heterocycles. The number of hydrogen-bond donors (Lipinski definition) is 3. The van der Waals surface area contributed by atoms with E-state index < -0.39 is 0 Å². The Morgan fingerprint density at radius 2 is 1.95 bits per heavy atom. The minimum atomic E-state index is -0.285. The Bertz CT molecular complexity index is 1390. The average molecular weight is 533 g/mol. The van der Waals surface area contributed by atoms with Crippen molar-refractivity contribution < 1.29 is 19.1 Å². The van der Waals surface area contributed by atoms with Gasteiger partial charge in [0.1, 0.15) is 11.6 Å². The van der Waals surface area contributed by atoms with Gasteiger partial charge in [0.05, 0.1) is 24.7 Å². The van der Waals surface area contributed by atoms with Crippen LogP contribution >= 0.6 is 0 Å². The van der Waals surface area contributed by atoms with E-state index in [1.54, 1.807) is 18.1 Å². The number of urea groups is 1. The maximum atomic E-state index is 12.9. The third kappa shape index (κ3) is 5.69. The molecule has 206 valence electrons. The molecule has 0 bridgehead atoms. The van der Waals surface area contributed by atoms with Gasteiger partial charge in [0.25, 0.3) is 5.91 Å². The molecule has 3 N–H and O–H groups in total. The van der Waals surface area contributed by atoms with Crippen molar-refractivity contribution >= 4 is 34.6 Å². The first-order chi connectivity index (χ1) is 18.9. The number of amides is 4. The van der Waals surface area contributed by atoms with Gasteiger partial charge in [0, 0.05) is 43.3 Å². The molecule has 0 spiro atoms. The topological polar surface area (TPSA) is 120 Å². The molecule has 0 unspecified atom stereocenters. The lowest BCUT2D eigenvalue weighted by molar-refractivity contribution is -0.131. The molecule has 0 saturated carbocycles. The number of nitrogens with zero attached hydrogens (tertiary/aromatic N) is 3. The number of likely N-dealkylation sites (tertiary alicyclic amines) is 1. The van der Waals surface area contributed by atoms with E-state index in [2.05, 4.69) is 27.5 Å². The first-order valence-electron chi connectivity index (χ1n) is 13.7. The Labute approximate surface area is 228 Å². The van der Waals surface area contributed by atoms with Gasteiger partial charge in [-0.25, -0.2) is 9.78 Å². The fourth-order valence-electron chi connectivity index (χ4n) is 5.53. The number of methoxy groups -OCH3 is 1. The number of piperidine rings is 1. The molecule has 10 nitrogen and oxygen atoms in total. The number of anilines is 1. The maximum absolute atomic E-state index is 12.9. The Morgan fingerprint density at radius 1 is 1.15 bits per heavy atom. The van der Waals surface area contributed by atoms with Gasteiger partial charge < -0.3 is 30.2 Å². The lowest BCUT2D eigenvalue weighted by atomic mass is 10.0. The first-order valence-corrected chi connectivity index (χ1v) is 13.7. The number of benzene rings is 2. The van der Waals surface area contributed by atoms with E-state index in [0.29, 0.717) is 38.0 Å². The van der Waals surface area contributed by atoms with Gasteiger partial charge in [-0.05, 0) is 74.1 Å². The Morgan fingerprint density at radius 3 is 2.69 bits per heavy atom. The molecule has 2 aromatic carbocycles. The maximum Gasteiger partial charge on any atom is 0.322 e. The van der Waals surface area contributed by atoms with Gasteiger partial charge >= 0.3 is 6.03 Å². The second-order valence-electron chi connectivity index (χ2n) is 10.3. The van der Waals surface area contributed by atoms with E-state index in [0.717, 1.165) is 58.7 Å². The number of aryl methyl sites for hydroxylation is 2. The summed E-state index contributed by atoms with van der Waals surface area (Å²) in [5.74, 6) is 1.28. The molecule has 4 amide bonds. The second-order valence-corrected chi connectivity index (χ2v) is 10.3. The minimum absolute atomic E-state index is 0.0570. The zero-order valence-corrected chi connectivity index (χ0v) is 22.8. The van der Waals surface area contributed by atoms with Gasteiger partial charge in [-0.1, -0.05) is 6.92 Å². The smallest absolute Gasteiger partial charge is 0.322 e. The summed E-state index contributed by atoms with van der Waals surface area (Å²) >= 11 is 0. The summed E-state index contributed by atoms with van der Waals surface area (Å²) in [5, 5.41) is 5.80. The van der Waals surface area contributed by atoms with E-state index in [1.165, 1.54) is 0 Å². The van der Waals surface area contributed by atoms with E-state index in [9.17, 15) is 14.4 Å². The van der Waals surface area contributed by atoms with Gasteiger partial charge in [-0.15, -0.1) is 0 Å². The number of carbonyl (C=O) groups excluding carboxylic acids is 3. The summed E-state index contributed by atoms with van der Waals surface area (Å²) in [6.07, 6.45) is 3.97. The van der Waals surface area contributed by atoms with Gasteiger partial charge in [0.15, 0.2) is 0 Å². The highest BCUT2D eigenvalue weighted by Crippen LogP contribution is 2.28. The SMILES string of the molecule is CCCc1nc2c(C)cc(C(=O)NCC(=O)N3CCC(N4CCc5cc(OC)ccc5NC4=O)CC3)cc2[nH]1. The van der Waals surface area contributed by atoms with Crippen molar-refractivity contribution in [2.75, 3.05) is 38.6 Å². The molecular formula is C29H36N6O4. The Hall–Kier alpha value is -4.08. The molecule has 3 aromatic rings. The molecule has 0 atom stereocenters. The zero-order chi connectivity index (χ0) is 27.5. The summed E-state index contributed by atoms with van der Waals surface area (Å²) in [6, 6.07) is 9.24. The average Bonchev–Trinajstić information content (AvgIpc) is 3.28. The van der Waals surface area contributed by atoms with Gasteiger partial charge in [-0.3, -0.25) is 9.59 Å². The lowest BCUT2D eigenvalue weighted by Gasteiger charge is -2.38. The molecule has 3 heterocycles. The van der Waals surface area contributed by atoms with Crippen LogP contribution in [-0.2, 0) is 17.6 Å². The lowest BCUT2D eigenvalue weighted by Crippen LogP contribution is -2.51. The normalized spacial score (nSPS) is 16.0. The van der Waals surface area contributed by atoms with Crippen LogP contribution in [0.1, 0.15) is 53.5 Å². The predicted molar refractivity (Wildman–Crippen MR) is 149 cm³/mol. The van der Waals surface area contributed by atoms with Crippen LogP contribution in [0.5, 0.6) is 5.75 Å². The van der Waals surface area contributed by atoms with E-state index >= 15 is 0 Å². The third-order valence-corrected chi connectivity index (χ3v) is 7.67. The number of aromatic nitrogens is 2. The Balaban J connectivity index is 1.13. The molecular weight excluding hydrogens is 496 g/mol. The van der Waals surface area contributed by atoms with Crippen LogP contribution in [0.3, 0.4) is 0 Å². The first kappa shape index (κ1) is 26.5. The summed E-state index contributed by atoms with van der Waals surface area (Å²) in [5.41, 5.74) is 4.99. The van der Waals surface area contributed by atoms with Crippen LogP contribution in [0.2, 0.25) is 0 Å². The third-order valence-electron chi connectivity index (χ3n) is 7.67. The fourth-order valence-corrected chi connectivity index (χ4v) is 5.53.